The fraction of sp³-hybridized carbons (Fsp3) is 0.562. The van der Waals surface area contributed by atoms with Crippen molar-refractivity contribution in [3.05, 3.63) is 17.7 Å². The second kappa shape index (κ2) is 7.75. The van der Waals surface area contributed by atoms with E-state index in [9.17, 15) is 4.79 Å². The van der Waals surface area contributed by atoms with Crippen LogP contribution in [-0.2, 0) is 0 Å². The van der Waals surface area contributed by atoms with E-state index in [1.165, 1.54) is 7.11 Å². The summed E-state index contributed by atoms with van der Waals surface area (Å²) < 4.78 is 15.9. The van der Waals surface area contributed by atoms with Crippen LogP contribution >= 0.6 is 12.4 Å². The minimum atomic E-state index is -0.0741. The third kappa shape index (κ3) is 3.82. The lowest BCUT2D eigenvalue weighted by Gasteiger charge is -2.23. The molecule has 1 heterocycles. The molecule has 130 valence electrons. The highest BCUT2D eigenvalue weighted by atomic mass is 35.5. The van der Waals surface area contributed by atoms with Crippen LogP contribution in [0.5, 0.6) is 17.2 Å². The molecule has 1 aromatic carbocycles. The van der Waals surface area contributed by atoms with Gasteiger partial charge in [-0.25, -0.2) is 0 Å². The number of benzene rings is 1. The van der Waals surface area contributed by atoms with Crippen LogP contribution in [0.3, 0.4) is 0 Å². The summed E-state index contributed by atoms with van der Waals surface area (Å²) >= 11 is 0. The maximum absolute atomic E-state index is 12.8. The maximum atomic E-state index is 12.8. The second-order valence-corrected chi connectivity index (χ2v) is 5.90. The standard InChI is InChI=1S/C16H24N2O4.ClH/c1-16(9-17)5-6-18(10-16)15(19)11-7-13(21-3)14(22-4)8-12(11)20-2;/h7-8H,5-6,9-10,17H2,1-4H3;1H. The lowest BCUT2D eigenvalue weighted by Crippen LogP contribution is -2.34. The summed E-state index contributed by atoms with van der Waals surface area (Å²) in [5, 5.41) is 0. The molecule has 6 nitrogen and oxygen atoms in total. The molecular weight excluding hydrogens is 320 g/mol. The van der Waals surface area contributed by atoms with Crippen molar-refractivity contribution < 1.29 is 19.0 Å². The van der Waals surface area contributed by atoms with Gasteiger partial charge in [0.2, 0.25) is 0 Å². The first kappa shape index (κ1) is 19.4. The summed E-state index contributed by atoms with van der Waals surface area (Å²) in [6, 6.07) is 3.34. The third-order valence-electron chi connectivity index (χ3n) is 4.27. The monoisotopic (exact) mass is 344 g/mol. The van der Waals surface area contributed by atoms with Crippen molar-refractivity contribution in [3.63, 3.8) is 0 Å². The van der Waals surface area contributed by atoms with Gasteiger partial charge in [0, 0.05) is 25.2 Å². The Labute approximate surface area is 143 Å². The van der Waals surface area contributed by atoms with Crippen LogP contribution in [0.1, 0.15) is 23.7 Å². The van der Waals surface area contributed by atoms with E-state index in [0.29, 0.717) is 42.4 Å². The van der Waals surface area contributed by atoms with E-state index in [4.69, 9.17) is 19.9 Å². The number of nitrogens with zero attached hydrogens (tertiary/aromatic N) is 1. The molecule has 1 atom stereocenters. The number of likely N-dealkylation sites (tertiary alicyclic amines) is 1. The Balaban J connectivity index is 0.00000264. The highest BCUT2D eigenvalue weighted by Crippen LogP contribution is 2.37. The average Bonchev–Trinajstić information content (AvgIpc) is 2.95. The van der Waals surface area contributed by atoms with E-state index in [1.54, 1.807) is 26.4 Å². The molecular formula is C16H25ClN2O4. The van der Waals surface area contributed by atoms with Gasteiger partial charge in [0.1, 0.15) is 5.75 Å². The van der Waals surface area contributed by atoms with E-state index in [0.717, 1.165) is 6.42 Å². The van der Waals surface area contributed by atoms with Crippen LogP contribution in [0.25, 0.3) is 0 Å². The lowest BCUT2D eigenvalue weighted by molar-refractivity contribution is 0.0773. The summed E-state index contributed by atoms with van der Waals surface area (Å²) in [6.07, 6.45) is 0.908. The molecule has 0 radical (unpaired) electrons. The molecule has 0 spiro atoms. The molecule has 2 N–H and O–H groups in total. The Bertz CT molecular complexity index is 567. The smallest absolute Gasteiger partial charge is 0.257 e. The van der Waals surface area contributed by atoms with E-state index in [-0.39, 0.29) is 23.7 Å². The molecule has 0 aliphatic carbocycles. The Morgan fingerprint density at radius 3 is 2.22 bits per heavy atom. The van der Waals surface area contributed by atoms with Crippen molar-refractivity contribution in [1.29, 1.82) is 0 Å². The lowest BCUT2D eigenvalue weighted by atomic mass is 9.90. The molecule has 2 rings (SSSR count). The number of methoxy groups -OCH3 is 3. The summed E-state index contributed by atoms with van der Waals surface area (Å²) in [5.74, 6) is 1.44. The highest BCUT2D eigenvalue weighted by molar-refractivity contribution is 5.98. The zero-order valence-corrected chi connectivity index (χ0v) is 14.9. The molecule has 7 heteroatoms. The van der Waals surface area contributed by atoms with E-state index in [2.05, 4.69) is 6.92 Å². The van der Waals surface area contributed by atoms with Crippen LogP contribution in [0.15, 0.2) is 12.1 Å². The number of ether oxygens (including phenoxy) is 3. The van der Waals surface area contributed by atoms with Crippen molar-refractivity contribution in [2.24, 2.45) is 11.1 Å². The van der Waals surface area contributed by atoms with Gasteiger partial charge in [0.05, 0.1) is 26.9 Å². The fourth-order valence-corrected chi connectivity index (χ4v) is 2.73. The second-order valence-electron chi connectivity index (χ2n) is 5.90. The van der Waals surface area contributed by atoms with Gasteiger partial charge < -0.3 is 24.8 Å². The molecule has 0 aromatic heterocycles. The molecule has 1 unspecified atom stereocenters. The van der Waals surface area contributed by atoms with Crippen LogP contribution in [0.2, 0.25) is 0 Å². The molecule has 23 heavy (non-hydrogen) atoms. The molecule has 1 amide bonds. The predicted octanol–water partition coefficient (Wildman–Crippen LogP) is 1.95. The molecule has 1 fully saturated rings. The number of nitrogens with two attached hydrogens (primary N) is 1. The predicted molar refractivity (Wildman–Crippen MR) is 91.0 cm³/mol. The van der Waals surface area contributed by atoms with Crippen molar-refractivity contribution in [1.82, 2.24) is 4.90 Å². The van der Waals surface area contributed by atoms with Gasteiger partial charge >= 0.3 is 0 Å². The minimum absolute atomic E-state index is 0. The molecule has 1 saturated heterocycles. The van der Waals surface area contributed by atoms with Gasteiger partial charge in [-0.3, -0.25) is 4.79 Å². The average molecular weight is 345 g/mol. The van der Waals surface area contributed by atoms with Crippen molar-refractivity contribution >= 4 is 18.3 Å². The third-order valence-corrected chi connectivity index (χ3v) is 4.27. The van der Waals surface area contributed by atoms with Gasteiger partial charge in [-0.2, -0.15) is 0 Å². The molecule has 1 aromatic rings. The number of hydrogen-bond acceptors (Lipinski definition) is 5. The fourth-order valence-electron chi connectivity index (χ4n) is 2.73. The van der Waals surface area contributed by atoms with Crippen LogP contribution in [0.4, 0.5) is 0 Å². The van der Waals surface area contributed by atoms with Gasteiger partial charge in [-0.05, 0) is 18.4 Å². The Morgan fingerprint density at radius 1 is 1.17 bits per heavy atom. The van der Waals surface area contributed by atoms with Gasteiger partial charge in [-0.1, -0.05) is 6.92 Å². The Hall–Kier alpha value is -1.66. The molecule has 1 aliphatic heterocycles. The van der Waals surface area contributed by atoms with E-state index >= 15 is 0 Å². The van der Waals surface area contributed by atoms with Crippen molar-refractivity contribution in [2.45, 2.75) is 13.3 Å². The molecule has 0 bridgehead atoms. The summed E-state index contributed by atoms with van der Waals surface area (Å²) in [4.78, 5) is 14.6. The van der Waals surface area contributed by atoms with Gasteiger partial charge in [0.15, 0.2) is 11.5 Å². The minimum Gasteiger partial charge on any atom is -0.496 e. The first-order valence-corrected chi connectivity index (χ1v) is 7.27. The van der Waals surface area contributed by atoms with E-state index < -0.39 is 0 Å². The number of carbonyl (C=O) groups is 1. The number of carbonyl (C=O) groups excluding carboxylic acids is 1. The van der Waals surface area contributed by atoms with Crippen LogP contribution in [0, 0.1) is 5.41 Å². The topological polar surface area (TPSA) is 74.0 Å². The Kier molecular flexibility index (Phi) is 6.53. The van der Waals surface area contributed by atoms with Crippen LogP contribution < -0.4 is 19.9 Å². The van der Waals surface area contributed by atoms with Crippen molar-refractivity contribution in [2.75, 3.05) is 41.0 Å². The Morgan fingerprint density at radius 2 is 1.74 bits per heavy atom. The van der Waals surface area contributed by atoms with Gasteiger partial charge in [0.25, 0.3) is 5.91 Å². The maximum Gasteiger partial charge on any atom is 0.257 e. The zero-order valence-electron chi connectivity index (χ0n) is 14.0. The zero-order chi connectivity index (χ0) is 16.3. The number of amides is 1. The number of hydrogen-bond donors (Lipinski definition) is 1. The largest absolute Gasteiger partial charge is 0.496 e. The summed E-state index contributed by atoms with van der Waals surface area (Å²) in [7, 11) is 4.62. The van der Waals surface area contributed by atoms with Gasteiger partial charge in [-0.15, -0.1) is 12.4 Å². The quantitative estimate of drug-likeness (QED) is 0.883. The highest BCUT2D eigenvalue weighted by Gasteiger charge is 2.36. The first-order chi connectivity index (χ1) is 10.5. The number of rotatable bonds is 5. The van der Waals surface area contributed by atoms with Crippen LogP contribution in [-0.4, -0.2) is 51.8 Å². The summed E-state index contributed by atoms with van der Waals surface area (Å²) in [6.45, 7) is 4.02. The summed E-state index contributed by atoms with van der Waals surface area (Å²) in [5.41, 5.74) is 6.27. The number of halogens is 1. The molecule has 0 saturated carbocycles. The normalized spacial score (nSPS) is 20.0. The molecule has 1 aliphatic rings. The van der Waals surface area contributed by atoms with E-state index in [1.807, 2.05) is 4.90 Å². The first-order valence-electron chi connectivity index (χ1n) is 7.27. The van der Waals surface area contributed by atoms with Crippen molar-refractivity contribution in [3.8, 4) is 17.2 Å². The SMILES string of the molecule is COc1cc(OC)c(C(=O)N2CCC(C)(CN)C2)cc1OC.Cl.